The second-order valence-electron chi connectivity index (χ2n) is 9.64. The molecule has 1 N–H and O–H groups in total. The second kappa shape index (κ2) is 10.7. The average Bonchev–Trinajstić information content (AvgIpc) is 3.49. The lowest BCUT2D eigenvalue weighted by molar-refractivity contribution is 0.00911. The molecule has 0 radical (unpaired) electrons. The standard InChI is InChI=1S/C25H27FN4O2S2.C2H6/c1-14-15(6-5-11-30(14)24(31)32-25(2,3)4)20-12-16-17(9-10-27-23(16)34-20)29-18-7-8-19-22(21(18)26)28-13-33-19;1-2/h7-10,12-15H,5-6,11H2,1-4H3,(H,27,29);1-2H3. The summed E-state index contributed by atoms with van der Waals surface area (Å²) < 4.78 is 21.5. The van der Waals surface area contributed by atoms with Gasteiger partial charge in [0.15, 0.2) is 5.82 Å². The number of anilines is 2. The van der Waals surface area contributed by atoms with Gasteiger partial charge in [-0.1, -0.05) is 13.8 Å². The molecule has 1 aromatic carbocycles. The molecule has 1 aliphatic rings. The zero-order valence-electron chi connectivity index (χ0n) is 21.6. The van der Waals surface area contributed by atoms with E-state index in [1.54, 1.807) is 29.1 Å². The van der Waals surface area contributed by atoms with Crippen molar-refractivity contribution in [3.05, 3.63) is 46.7 Å². The largest absolute Gasteiger partial charge is 0.444 e. The lowest BCUT2D eigenvalue weighted by Crippen LogP contribution is -2.47. The van der Waals surface area contributed by atoms with Gasteiger partial charge >= 0.3 is 6.09 Å². The molecule has 4 aromatic rings. The van der Waals surface area contributed by atoms with E-state index < -0.39 is 5.60 Å². The van der Waals surface area contributed by atoms with Crippen LogP contribution in [0.3, 0.4) is 0 Å². The maximum Gasteiger partial charge on any atom is 0.410 e. The van der Waals surface area contributed by atoms with E-state index in [2.05, 4.69) is 28.3 Å². The van der Waals surface area contributed by atoms with Gasteiger partial charge in [-0.3, -0.25) is 0 Å². The minimum Gasteiger partial charge on any atom is -0.444 e. The third kappa shape index (κ3) is 5.32. The van der Waals surface area contributed by atoms with Gasteiger partial charge in [0.1, 0.15) is 15.9 Å². The van der Waals surface area contributed by atoms with Gasteiger partial charge in [0.25, 0.3) is 0 Å². The fraction of sp³-hybridized carbons (Fsp3) is 0.444. The van der Waals surface area contributed by atoms with Gasteiger partial charge in [-0.05, 0) is 64.8 Å². The van der Waals surface area contributed by atoms with Gasteiger partial charge in [0, 0.05) is 35.0 Å². The summed E-state index contributed by atoms with van der Waals surface area (Å²) in [6, 6.07) is 7.63. The molecule has 3 aromatic heterocycles. The number of ether oxygens (including phenoxy) is 1. The molecule has 192 valence electrons. The van der Waals surface area contributed by atoms with Crippen molar-refractivity contribution in [1.82, 2.24) is 14.9 Å². The molecule has 9 heteroatoms. The number of hydrogen-bond donors (Lipinski definition) is 1. The summed E-state index contributed by atoms with van der Waals surface area (Å²) in [5.41, 5.74) is 2.70. The van der Waals surface area contributed by atoms with E-state index in [0.29, 0.717) is 17.7 Å². The molecule has 0 bridgehead atoms. The fourth-order valence-electron chi connectivity index (χ4n) is 4.49. The topological polar surface area (TPSA) is 67.4 Å². The highest BCUT2D eigenvalue weighted by molar-refractivity contribution is 7.18. The third-order valence-electron chi connectivity index (χ3n) is 6.15. The molecule has 1 saturated heterocycles. The number of fused-ring (bicyclic) bond motifs is 2. The number of rotatable bonds is 3. The molecular formula is C27H33FN4O2S2. The van der Waals surface area contributed by atoms with E-state index in [-0.39, 0.29) is 23.9 Å². The summed E-state index contributed by atoms with van der Waals surface area (Å²) in [5, 5.41) is 4.20. The summed E-state index contributed by atoms with van der Waals surface area (Å²) in [6.07, 6.45) is 3.38. The quantitative estimate of drug-likeness (QED) is 0.290. The van der Waals surface area contributed by atoms with Crippen LogP contribution in [0.4, 0.5) is 20.6 Å². The molecule has 0 saturated carbocycles. The SMILES string of the molecule is CC.CC1C(c2cc3c(Nc4ccc5scnc5c4F)ccnc3s2)CCCN1C(=O)OC(C)(C)C. The number of carbonyl (C=O) groups excluding carboxylic acids is 1. The smallest absolute Gasteiger partial charge is 0.410 e. The Labute approximate surface area is 219 Å². The van der Waals surface area contributed by atoms with Crippen molar-refractivity contribution < 1.29 is 13.9 Å². The Kier molecular flexibility index (Phi) is 7.80. The van der Waals surface area contributed by atoms with Crippen LogP contribution in [0.15, 0.2) is 36.0 Å². The van der Waals surface area contributed by atoms with Crippen LogP contribution in [0.5, 0.6) is 0 Å². The maximum atomic E-state index is 15.0. The Hall–Kier alpha value is -2.78. The molecule has 36 heavy (non-hydrogen) atoms. The minimum absolute atomic E-state index is 0.0117. The van der Waals surface area contributed by atoms with Crippen LogP contribution in [0, 0.1) is 5.82 Å². The van der Waals surface area contributed by atoms with E-state index in [4.69, 9.17) is 4.74 Å². The molecule has 0 spiro atoms. The molecule has 1 aliphatic heterocycles. The summed E-state index contributed by atoms with van der Waals surface area (Å²) in [7, 11) is 0. The summed E-state index contributed by atoms with van der Waals surface area (Å²) in [5.74, 6) is -0.163. The first-order chi connectivity index (χ1) is 17.2. The number of nitrogens with zero attached hydrogens (tertiary/aromatic N) is 3. The number of nitrogens with one attached hydrogen (secondary N) is 1. The normalized spacial score (nSPS) is 18.1. The summed E-state index contributed by atoms with van der Waals surface area (Å²) in [4.78, 5) is 25.4. The number of likely N-dealkylation sites (tertiary alicyclic amines) is 1. The van der Waals surface area contributed by atoms with E-state index in [9.17, 15) is 9.18 Å². The zero-order valence-corrected chi connectivity index (χ0v) is 23.2. The van der Waals surface area contributed by atoms with Crippen LogP contribution in [-0.2, 0) is 4.74 Å². The average molecular weight is 529 g/mol. The van der Waals surface area contributed by atoms with Crippen molar-refractivity contribution in [3.8, 4) is 0 Å². The molecule has 4 heterocycles. The van der Waals surface area contributed by atoms with Crippen LogP contribution in [0.2, 0.25) is 0 Å². The lowest BCUT2D eigenvalue weighted by atomic mass is 9.89. The van der Waals surface area contributed by atoms with Gasteiger partial charge in [0.2, 0.25) is 0 Å². The highest BCUT2D eigenvalue weighted by Gasteiger charge is 2.35. The molecule has 2 unspecified atom stereocenters. The number of thiazole rings is 1. The number of amides is 1. The van der Waals surface area contributed by atoms with E-state index in [1.165, 1.54) is 16.2 Å². The molecule has 5 rings (SSSR count). The van der Waals surface area contributed by atoms with Gasteiger partial charge in [-0.2, -0.15) is 0 Å². The predicted molar refractivity (Wildman–Crippen MR) is 148 cm³/mol. The second-order valence-corrected chi connectivity index (χ2v) is 11.6. The maximum absolute atomic E-state index is 15.0. The monoisotopic (exact) mass is 528 g/mol. The van der Waals surface area contributed by atoms with Gasteiger partial charge in [-0.25, -0.2) is 19.2 Å². The minimum atomic E-state index is -0.525. The highest BCUT2D eigenvalue weighted by Crippen LogP contribution is 2.41. The van der Waals surface area contributed by atoms with E-state index >= 15 is 0 Å². The number of hydrogen-bond acceptors (Lipinski definition) is 7. The van der Waals surface area contributed by atoms with Crippen LogP contribution in [0.25, 0.3) is 20.4 Å². The number of piperidine rings is 1. The molecule has 0 aliphatic carbocycles. The van der Waals surface area contributed by atoms with E-state index in [1.807, 2.05) is 51.7 Å². The fourth-order valence-corrected chi connectivity index (χ4v) is 6.42. The molecule has 2 atom stereocenters. The Morgan fingerprint density at radius 1 is 1.19 bits per heavy atom. The van der Waals surface area contributed by atoms with Crippen molar-refractivity contribution in [3.63, 3.8) is 0 Å². The Morgan fingerprint density at radius 2 is 1.97 bits per heavy atom. The first-order valence-corrected chi connectivity index (χ1v) is 14.1. The van der Waals surface area contributed by atoms with Crippen molar-refractivity contribution in [1.29, 1.82) is 0 Å². The highest BCUT2D eigenvalue weighted by atomic mass is 32.1. The molecule has 6 nitrogen and oxygen atoms in total. The van der Waals surface area contributed by atoms with Crippen molar-refractivity contribution in [2.24, 2.45) is 0 Å². The van der Waals surface area contributed by atoms with Crippen LogP contribution in [-0.4, -0.2) is 39.1 Å². The van der Waals surface area contributed by atoms with E-state index in [0.717, 1.165) is 33.4 Å². The summed E-state index contributed by atoms with van der Waals surface area (Å²) >= 11 is 3.05. The van der Waals surface area contributed by atoms with Crippen molar-refractivity contribution in [2.45, 2.75) is 71.9 Å². The Bertz CT molecular complexity index is 1360. The Balaban J connectivity index is 0.00000148. The van der Waals surface area contributed by atoms with Gasteiger partial charge < -0.3 is 15.0 Å². The molecule has 1 amide bonds. The predicted octanol–water partition coefficient (Wildman–Crippen LogP) is 8.32. The lowest BCUT2D eigenvalue weighted by Gasteiger charge is -2.39. The molecule has 1 fully saturated rings. The first-order valence-electron chi connectivity index (χ1n) is 12.4. The van der Waals surface area contributed by atoms with Crippen LogP contribution >= 0.6 is 22.7 Å². The summed E-state index contributed by atoms with van der Waals surface area (Å²) in [6.45, 7) is 12.4. The van der Waals surface area contributed by atoms with Crippen molar-refractivity contribution in [2.75, 3.05) is 11.9 Å². The number of carbonyl (C=O) groups is 1. The number of benzene rings is 1. The van der Waals surface area contributed by atoms with Gasteiger partial charge in [0.05, 0.1) is 21.6 Å². The zero-order chi connectivity index (χ0) is 26.0. The van der Waals surface area contributed by atoms with Crippen molar-refractivity contribution >= 4 is 60.6 Å². The number of aromatic nitrogens is 2. The Morgan fingerprint density at radius 3 is 2.72 bits per heavy atom. The third-order valence-corrected chi connectivity index (χ3v) is 8.12. The molecular weight excluding hydrogens is 495 g/mol. The van der Waals surface area contributed by atoms with Gasteiger partial charge in [-0.15, -0.1) is 22.7 Å². The number of pyridine rings is 1. The van der Waals surface area contributed by atoms with Crippen LogP contribution in [0.1, 0.15) is 65.2 Å². The first kappa shape index (κ1) is 26.3. The van der Waals surface area contributed by atoms with Crippen LogP contribution < -0.4 is 5.32 Å². The number of halogens is 1. The number of thiophene rings is 1.